The third kappa shape index (κ3) is 7.98. The predicted octanol–water partition coefficient (Wildman–Crippen LogP) is 5.29. The zero-order valence-electron chi connectivity index (χ0n) is 16.2. The smallest absolute Gasteiger partial charge is 0.307 e. The summed E-state index contributed by atoms with van der Waals surface area (Å²) in [7, 11) is 0. The fraction of sp³-hybridized carbons (Fsp3) is 0.667. The van der Waals surface area contributed by atoms with Crippen LogP contribution in [-0.4, -0.2) is 27.6 Å². The second kappa shape index (κ2) is 12.4. The van der Waals surface area contributed by atoms with Crippen LogP contribution >= 0.6 is 0 Å². The Balaban J connectivity index is 1.44. The minimum atomic E-state index is -0.165. The standard InChI is InChI=1S/C21H33N3O2/c1-2-3-4-5-6-7-8-9-10-13-18-26-21(25)16-17-24-22-19-14-11-12-15-20(19)23-24/h11-12,14-15H,2-10,13,16-18H2,1H3. The Morgan fingerprint density at radius 2 is 1.42 bits per heavy atom. The van der Waals surface area contributed by atoms with E-state index in [4.69, 9.17) is 4.74 Å². The number of rotatable bonds is 14. The maximum Gasteiger partial charge on any atom is 0.307 e. The van der Waals surface area contributed by atoms with Crippen molar-refractivity contribution in [2.75, 3.05) is 6.61 Å². The zero-order chi connectivity index (χ0) is 18.5. The highest BCUT2D eigenvalue weighted by atomic mass is 16.5. The number of carbonyl (C=O) groups is 1. The molecule has 0 aliphatic carbocycles. The summed E-state index contributed by atoms with van der Waals surface area (Å²) in [5.74, 6) is -0.165. The van der Waals surface area contributed by atoms with E-state index in [9.17, 15) is 4.79 Å². The molecule has 0 aliphatic heterocycles. The number of hydrogen-bond donors (Lipinski definition) is 0. The molecule has 5 heteroatoms. The van der Waals surface area contributed by atoms with Crippen LogP contribution < -0.4 is 0 Å². The number of esters is 1. The number of ether oxygens (including phenoxy) is 1. The lowest BCUT2D eigenvalue weighted by Gasteiger charge is -2.05. The molecule has 1 aromatic heterocycles. The van der Waals surface area contributed by atoms with Crippen molar-refractivity contribution >= 4 is 17.0 Å². The summed E-state index contributed by atoms with van der Waals surface area (Å²) < 4.78 is 5.30. The molecular weight excluding hydrogens is 326 g/mol. The van der Waals surface area contributed by atoms with Gasteiger partial charge in [0.25, 0.3) is 0 Å². The van der Waals surface area contributed by atoms with Gasteiger partial charge in [-0.15, -0.1) is 0 Å². The maximum atomic E-state index is 11.8. The SMILES string of the molecule is CCCCCCCCCCCCOC(=O)CCn1nc2ccccc2n1. The molecule has 0 amide bonds. The fourth-order valence-electron chi connectivity index (χ4n) is 3.04. The molecule has 0 fully saturated rings. The second-order valence-corrected chi connectivity index (χ2v) is 6.94. The Morgan fingerprint density at radius 1 is 0.885 bits per heavy atom. The Morgan fingerprint density at radius 3 is 2.00 bits per heavy atom. The van der Waals surface area contributed by atoms with E-state index in [-0.39, 0.29) is 5.97 Å². The van der Waals surface area contributed by atoms with Gasteiger partial charge in [0.15, 0.2) is 0 Å². The van der Waals surface area contributed by atoms with Gasteiger partial charge in [-0.25, -0.2) is 0 Å². The van der Waals surface area contributed by atoms with E-state index in [0.717, 1.165) is 23.9 Å². The van der Waals surface area contributed by atoms with Crippen LogP contribution in [0.25, 0.3) is 11.0 Å². The summed E-state index contributed by atoms with van der Waals surface area (Å²) in [6, 6.07) is 7.70. The van der Waals surface area contributed by atoms with Gasteiger partial charge in [0.2, 0.25) is 0 Å². The number of nitrogens with zero attached hydrogens (tertiary/aromatic N) is 3. The van der Waals surface area contributed by atoms with E-state index in [1.807, 2.05) is 24.3 Å². The van der Waals surface area contributed by atoms with Crippen LogP contribution in [0.1, 0.15) is 77.6 Å². The second-order valence-electron chi connectivity index (χ2n) is 6.94. The maximum absolute atomic E-state index is 11.8. The number of fused-ring (bicyclic) bond motifs is 1. The van der Waals surface area contributed by atoms with E-state index in [1.54, 1.807) is 4.80 Å². The van der Waals surface area contributed by atoms with Gasteiger partial charge in [-0.1, -0.05) is 76.8 Å². The van der Waals surface area contributed by atoms with Crippen molar-refractivity contribution in [1.29, 1.82) is 0 Å². The summed E-state index contributed by atoms with van der Waals surface area (Å²) in [5, 5.41) is 8.69. The normalized spacial score (nSPS) is 11.1. The van der Waals surface area contributed by atoms with Gasteiger partial charge in [-0.3, -0.25) is 4.79 Å². The van der Waals surface area contributed by atoms with E-state index in [2.05, 4.69) is 17.1 Å². The van der Waals surface area contributed by atoms with Crippen LogP contribution in [0.4, 0.5) is 0 Å². The average Bonchev–Trinajstić information content (AvgIpc) is 3.07. The Bertz CT molecular complexity index is 606. The number of unbranched alkanes of at least 4 members (excludes halogenated alkanes) is 9. The summed E-state index contributed by atoms with van der Waals surface area (Å²) in [6.07, 6.45) is 13.1. The van der Waals surface area contributed by atoms with Crippen LogP contribution in [0.5, 0.6) is 0 Å². The number of benzene rings is 1. The predicted molar refractivity (Wildman–Crippen MR) is 105 cm³/mol. The van der Waals surface area contributed by atoms with Gasteiger partial charge >= 0.3 is 5.97 Å². The van der Waals surface area contributed by atoms with Crippen molar-refractivity contribution in [2.45, 2.75) is 84.1 Å². The fourth-order valence-corrected chi connectivity index (χ4v) is 3.04. The highest BCUT2D eigenvalue weighted by Gasteiger charge is 2.06. The highest BCUT2D eigenvalue weighted by molar-refractivity contribution is 5.73. The van der Waals surface area contributed by atoms with Crippen molar-refractivity contribution in [1.82, 2.24) is 15.0 Å². The summed E-state index contributed by atoms with van der Waals surface area (Å²) >= 11 is 0. The van der Waals surface area contributed by atoms with Crippen LogP contribution in [0.15, 0.2) is 24.3 Å². The number of carbonyl (C=O) groups excluding carboxylic acids is 1. The molecule has 0 atom stereocenters. The van der Waals surface area contributed by atoms with Gasteiger partial charge in [-0.2, -0.15) is 15.0 Å². The van der Waals surface area contributed by atoms with Gasteiger partial charge in [0.1, 0.15) is 11.0 Å². The molecule has 0 N–H and O–H groups in total. The lowest BCUT2D eigenvalue weighted by molar-refractivity contribution is -0.144. The van der Waals surface area contributed by atoms with E-state index in [1.165, 1.54) is 51.4 Å². The third-order valence-corrected chi connectivity index (χ3v) is 4.60. The first-order valence-corrected chi connectivity index (χ1v) is 10.2. The Hall–Kier alpha value is -1.91. The Labute approximate surface area is 157 Å². The molecule has 0 saturated heterocycles. The molecule has 26 heavy (non-hydrogen) atoms. The first-order chi connectivity index (χ1) is 12.8. The minimum Gasteiger partial charge on any atom is -0.466 e. The summed E-state index contributed by atoms with van der Waals surface area (Å²) in [4.78, 5) is 13.4. The first-order valence-electron chi connectivity index (χ1n) is 10.2. The van der Waals surface area contributed by atoms with Crippen molar-refractivity contribution in [3.8, 4) is 0 Å². The zero-order valence-corrected chi connectivity index (χ0v) is 16.2. The van der Waals surface area contributed by atoms with Crippen LogP contribution in [0.2, 0.25) is 0 Å². The van der Waals surface area contributed by atoms with E-state index < -0.39 is 0 Å². The molecule has 1 heterocycles. The molecule has 0 unspecified atom stereocenters. The molecule has 144 valence electrons. The van der Waals surface area contributed by atoms with Crippen molar-refractivity contribution in [3.05, 3.63) is 24.3 Å². The quantitative estimate of drug-likeness (QED) is 0.340. The number of aromatic nitrogens is 3. The lowest BCUT2D eigenvalue weighted by atomic mass is 10.1. The van der Waals surface area contributed by atoms with Gasteiger partial charge in [0, 0.05) is 0 Å². The topological polar surface area (TPSA) is 57.0 Å². The van der Waals surface area contributed by atoms with E-state index in [0.29, 0.717) is 19.6 Å². The first kappa shape index (κ1) is 20.4. The molecular formula is C21H33N3O2. The Kier molecular flexibility index (Phi) is 9.77. The molecule has 0 bridgehead atoms. The van der Waals surface area contributed by atoms with Gasteiger partial charge in [-0.05, 0) is 18.6 Å². The molecule has 2 rings (SSSR count). The number of hydrogen-bond acceptors (Lipinski definition) is 4. The molecule has 0 saturated carbocycles. The minimum absolute atomic E-state index is 0.165. The largest absolute Gasteiger partial charge is 0.466 e. The van der Waals surface area contributed by atoms with Crippen LogP contribution in [0.3, 0.4) is 0 Å². The molecule has 1 aromatic carbocycles. The molecule has 5 nitrogen and oxygen atoms in total. The third-order valence-electron chi connectivity index (χ3n) is 4.60. The van der Waals surface area contributed by atoms with Crippen LogP contribution in [-0.2, 0) is 16.1 Å². The van der Waals surface area contributed by atoms with Crippen molar-refractivity contribution in [3.63, 3.8) is 0 Å². The highest BCUT2D eigenvalue weighted by Crippen LogP contribution is 2.11. The van der Waals surface area contributed by atoms with Crippen LogP contribution in [0, 0.1) is 0 Å². The average molecular weight is 360 g/mol. The summed E-state index contributed by atoms with van der Waals surface area (Å²) in [5.41, 5.74) is 1.71. The van der Waals surface area contributed by atoms with Crippen molar-refractivity contribution < 1.29 is 9.53 Å². The van der Waals surface area contributed by atoms with Gasteiger partial charge < -0.3 is 4.74 Å². The molecule has 0 spiro atoms. The molecule has 0 radical (unpaired) electrons. The van der Waals surface area contributed by atoms with Crippen molar-refractivity contribution in [2.24, 2.45) is 0 Å². The lowest BCUT2D eigenvalue weighted by Crippen LogP contribution is -2.11. The molecule has 0 aliphatic rings. The molecule has 2 aromatic rings. The summed E-state index contributed by atoms with van der Waals surface area (Å²) in [6.45, 7) is 3.25. The monoisotopic (exact) mass is 359 g/mol. The number of aryl methyl sites for hydroxylation is 1. The van der Waals surface area contributed by atoms with Gasteiger partial charge in [0.05, 0.1) is 19.6 Å². The van der Waals surface area contributed by atoms with E-state index >= 15 is 0 Å².